The van der Waals surface area contributed by atoms with Crippen molar-refractivity contribution in [3.63, 3.8) is 0 Å². The summed E-state index contributed by atoms with van der Waals surface area (Å²) in [5, 5.41) is 0. The molecule has 0 bridgehead atoms. The zero-order valence-electron chi connectivity index (χ0n) is 10.7. The molecule has 2 heterocycles. The van der Waals surface area contributed by atoms with Gasteiger partial charge in [0.2, 0.25) is 0 Å². The molecule has 0 saturated carbocycles. The van der Waals surface area contributed by atoms with Crippen LogP contribution in [-0.2, 0) is 0 Å². The van der Waals surface area contributed by atoms with E-state index in [0.29, 0.717) is 0 Å². The summed E-state index contributed by atoms with van der Waals surface area (Å²) in [7, 11) is 0. The standard InChI is InChI=1S/C11H17N3.C2H6/c1-2-13-7-9-14(10-8-13)11-3-5-12-6-4-11;1-2/h3-6H,2,7-10H2,1H3;1-2H3. The van der Waals surface area contributed by atoms with Crippen LogP contribution in [0.2, 0.25) is 0 Å². The summed E-state index contributed by atoms with van der Waals surface area (Å²) < 4.78 is 0. The molecule has 0 aromatic carbocycles. The first-order valence-corrected chi connectivity index (χ1v) is 6.27. The van der Waals surface area contributed by atoms with Gasteiger partial charge in [-0.1, -0.05) is 20.8 Å². The highest BCUT2D eigenvalue weighted by atomic mass is 15.3. The summed E-state index contributed by atoms with van der Waals surface area (Å²) >= 11 is 0. The first-order valence-electron chi connectivity index (χ1n) is 6.27. The monoisotopic (exact) mass is 221 g/mol. The van der Waals surface area contributed by atoms with Crippen molar-refractivity contribution in [2.45, 2.75) is 20.8 Å². The molecule has 2 rings (SSSR count). The van der Waals surface area contributed by atoms with Crippen molar-refractivity contribution in [1.82, 2.24) is 9.88 Å². The minimum Gasteiger partial charge on any atom is -0.369 e. The molecule has 1 aromatic rings. The minimum absolute atomic E-state index is 1.14. The third-order valence-corrected chi connectivity index (χ3v) is 2.85. The molecule has 1 saturated heterocycles. The van der Waals surface area contributed by atoms with Crippen LogP contribution in [0.5, 0.6) is 0 Å². The zero-order chi connectivity index (χ0) is 11.8. The number of likely N-dealkylation sites (N-methyl/N-ethyl adjacent to an activating group) is 1. The van der Waals surface area contributed by atoms with E-state index in [9.17, 15) is 0 Å². The number of hydrogen-bond donors (Lipinski definition) is 0. The van der Waals surface area contributed by atoms with Crippen molar-refractivity contribution in [1.29, 1.82) is 0 Å². The average Bonchev–Trinajstić information content (AvgIpc) is 2.42. The number of nitrogens with zero attached hydrogens (tertiary/aromatic N) is 3. The second-order valence-corrected chi connectivity index (χ2v) is 3.63. The van der Waals surface area contributed by atoms with Gasteiger partial charge in [-0.2, -0.15) is 0 Å². The summed E-state index contributed by atoms with van der Waals surface area (Å²) in [6.45, 7) is 12.0. The van der Waals surface area contributed by atoms with Gasteiger partial charge in [0.15, 0.2) is 0 Å². The van der Waals surface area contributed by atoms with E-state index >= 15 is 0 Å². The second kappa shape index (κ2) is 7.23. The molecule has 0 spiro atoms. The highest BCUT2D eigenvalue weighted by molar-refractivity contribution is 5.44. The Bertz CT molecular complexity index is 266. The molecule has 1 aliphatic rings. The predicted molar refractivity (Wildman–Crippen MR) is 69.9 cm³/mol. The van der Waals surface area contributed by atoms with E-state index in [1.807, 2.05) is 26.2 Å². The normalized spacial score (nSPS) is 16.6. The SMILES string of the molecule is CC.CCN1CCN(c2ccncc2)CC1. The molecule has 16 heavy (non-hydrogen) atoms. The van der Waals surface area contributed by atoms with Gasteiger partial charge in [-0.3, -0.25) is 4.98 Å². The lowest BCUT2D eigenvalue weighted by atomic mass is 10.2. The Morgan fingerprint density at radius 1 is 1.06 bits per heavy atom. The van der Waals surface area contributed by atoms with Crippen LogP contribution in [0.25, 0.3) is 0 Å². The topological polar surface area (TPSA) is 19.4 Å². The van der Waals surface area contributed by atoms with Crippen molar-refractivity contribution < 1.29 is 0 Å². The van der Waals surface area contributed by atoms with Crippen LogP contribution in [0.15, 0.2) is 24.5 Å². The molecular weight excluding hydrogens is 198 g/mol. The first-order chi connectivity index (χ1) is 7.90. The van der Waals surface area contributed by atoms with Gasteiger partial charge in [0.25, 0.3) is 0 Å². The third kappa shape index (κ3) is 3.49. The fourth-order valence-corrected chi connectivity index (χ4v) is 1.88. The fourth-order valence-electron chi connectivity index (χ4n) is 1.88. The number of piperazine rings is 1. The van der Waals surface area contributed by atoms with Crippen LogP contribution < -0.4 is 4.90 Å². The summed E-state index contributed by atoms with van der Waals surface area (Å²) in [5.41, 5.74) is 1.30. The third-order valence-electron chi connectivity index (χ3n) is 2.85. The van der Waals surface area contributed by atoms with E-state index in [0.717, 1.165) is 13.1 Å². The van der Waals surface area contributed by atoms with Crippen molar-refractivity contribution in [3.05, 3.63) is 24.5 Å². The van der Waals surface area contributed by atoms with E-state index in [4.69, 9.17) is 0 Å². The maximum absolute atomic E-state index is 4.03. The zero-order valence-corrected chi connectivity index (χ0v) is 10.7. The Morgan fingerprint density at radius 2 is 1.62 bits per heavy atom. The van der Waals surface area contributed by atoms with Gasteiger partial charge in [-0.15, -0.1) is 0 Å². The van der Waals surface area contributed by atoms with Crippen molar-refractivity contribution in [3.8, 4) is 0 Å². The molecule has 1 fully saturated rings. The Balaban J connectivity index is 0.000000606. The minimum atomic E-state index is 1.14. The lowest BCUT2D eigenvalue weighted by Gasteiger charge is -2.35. The van der Waals surface area contributed by atoms with E-state index in [1.54, 1.807) is 0 Å². The number of anilines is 1. The smallest absolute Gasteiger partial charge is 0.0397 e. The molecule has 0 radical (unpaired) electrons. The number of aromatic nitrogens is 1. The predicted octanol–water partition coefficient (Wildman–Crippen LogP) is 2.25. The van der Waals surface area contributed by atoms with Gasteiger partial charge in [-0.25, -0.2) is 0 Å². The molecule has 0 aliphatic carbocycles. The molecule has 3 heteroatoms. The Labute approximate surface area is 99.1 Å². The van der Waals surface area contributed by atoms with Crippen molar-refractivity contribution in [2.75, 3.05) is 37.6 Å². The van der Waals surface area contributed by atoms with Gasteiger partial charge in [0.05, 0.1) is 0 Å². The summed E-state index contributed by atoms with van der Waals surface area (Å²) in [4.78, 5) is 8.94. The quantitative estimate of drug-likeness (QED) is 0.763. The van der Waals surface area contributed by atoms with E-state index in [1.165, 1.54) is 25.3 Å². The van der Waals surface area contributed by atoms with E-state index in [2.05, 4.69) is 33.8 Å². The van der Waals surface area contributed by atoms with Gasteiger partial charge in [0, 0.05) is 44.3 Å². The molecule has 0 amide bonds. The molecule has 0 atom stereocenters. The van der Waals surface area contributed by atoms with E-state index in [-0.39, 0.29) is 0 Å². The second-order valence-electron chi connectivity index (χ2n) is 3.63. The van der Waals surface area contributed by atoms with Gasteiger partial charge in [0.1, 0.15) is 0 Å². The summed E-state index contributed by atoms with van der Waals surface area (Å²) in [5.74, 6) is 0. The van der Waals surface area contributed by atoms with Gasteiger partial charge >= 0.3 is 0 Å². The van der Waals surface area contributed by atoms with Crippen LogP contribution in [0, 0.1) is 0 Å². The average molecular weight is 221 g/mol. The van der Waals surface area contributed by atoms with E-state index < -0.39 is 0 Å². The molecule has 90 valence electrons. The van der Waals surface area contributed by atoms with Gasteiger partial charge in [-0.05, 0) is 18.7 Å². The maximum Gasteiger partial charge on any atom is 0.0397 e. The van der Waals surface area contributed by atoms with Crippen molar-refractivity contribution in [2.24, 2.45) is 0 Å². The largest absolute Gasteiger partial charge is 0.369 e. The summed E-state index contributed by atoms with van der Waals surface area (Å²) in [6.07, 6.45) is 3.73. The lowest BCUT2D eigenvalue weighted by Crippen LogP contribution is -2.46. The van der Waals surface area contributed by atoms with Crippen LogP contribution in [0.4, 0.5) is 5.69 Å². The molecule has 1 aliphatic heterocycles. The highest BCUT2D eigenvalue weighted by Gasteiger charge is 2.14. The number of hydrogen-bond acceptors (Lipinski definition) is 3. The Hall–Kier alpha value is -1.09. The Morgan fingerprint density at radius 3 is 2.12 bits per heavy atom. The Kier molecular flexibility index (Phi) is 5.86. The van der Waals surface area contributed by atoms with Crippen LogP contribution >= 0.6 is 0 Å². The highest BCUT2D eigenvalue weighted by Crippen LogP contribution is 2.14. The first kappa shape index (κ1) is 13.0. The fraction of sp³-hybridized carbons (Fsp3) is 0.615. The van der Waals surface area contributed by atoms with Crippen LogP contribution in [-0.4, -0.2) is 42.6 Å². The molecular formula is C13H23N3. The van der Waals surface area contributed by atoms with Gasteiger partial charge < -0.3 is 9.80 Å². The lowest BCUT2D eigenvalue weighted by molar-refractivity contribution is 0.271. The molecule has 0 N–H and O–H groups in total. The molecule has 3 nitrogen and oxygen atoms in total. The van der Waals surface area contributed by atoms with Crippen molar-refractivity contribution >= 4 is 5.69 Å². The molecule has 0 unspecified atom stereocenters. The summed E-state index contributed by atoms with van der Waals surface area (Å²) in [6, 6.07) is 4.17. The number of rotatable bonds is 2. The van der Waals surface area contributed by atoms with Crippen LogP contribution in [0.3, 0.4) is 0 Å². The number of pyridine rings is 1. The molecule has 1 aromatic heterocycles. The maximum atomic E-state index is 4.03. The van der Waals surface area contributed by atoms with Crippen LogP contribution in [0.1, 0.15) is 20.8 Å².